The molecule has 0 unspecified atom stereocenters. The van der Waals surface area contributed by atoms with Gasteiger partial charge in [0.25, 0.3) is 0 Å². The number of aldehydes is 1. The molecular weight excluding hydrogens is 394 g/mol. The van der Waals surface area contributed by atoms with Crippen LogP contribution < -0.4 is 5.73 Å². The largest absolute Gasteiger partial charge is 0.375 e. The van der Waals surface area contributed by atoms with E-state index in [4.69, 9.17) is 10.6 Å². The Balaban J connectivity index is 1.93. The van der Waals surface area contributed by atoms with Crippen molar-refractivity contribution in [3.05, 3.63) is 119 Å². The van der Waals surface area contributed by atoms with Gasteiger partial charge in [-0.1, -0.05) is 96.2 Å². The fourth-order valence-electron chi connectivity index (χ4n) is 3.33. The molecule has 148 valence electrons. The highest BCUT2D eigenvalue weighted by atomic mass is 32.1. The molecule has 0 aliphatic carbocycles. The van der Waals surface area contributed by atoms with Gasteiger partial charge in [-0.3, -0.25) is 4.79 Å². The number of nitrogens with zero attached hydrogens (tertiary/aromatic N) is 2. The highest BCUT2D eigenvalue weighted by molar-refractivity contribution is 7.13. The van der Waals surface area contributed by atoms with Gasteiger partial charge in [0.15, 0.2) is 17.1 Å². The molecular formula is C24H19N3O2S. The lowest BCUT2D eigenvalue weighted by Crippen LogP contribution is -2.31. The fraction of sp³-hybridized carbons (Fsp3) is 0.0417. The molecule has 0 atom stereocenters. The van der Waals surface area contributed by atoms with Crippen molar-refractivity contribution in [1.29, 1.82) is 0 Å². The molecule has 0 bridgehead atoms. The normalized spacial score (nSPS) is 11.8. The molecule has 3 aromatic carbocycles. The van der Waals surface area contributed by atoms with Crippen LogP contribution in [0.15, 0.2) is 102 Å². The van der Waals surface area contributed by atoms with Gasteiger partial charge >= 0.3 is 0 Å². The molecule has 0 fully saturated rings. The Labute approximate surface area is 178 Å². The lowest BCUT2D eigenvalue weighted by Gasteiger charge is -2.33. The van der Waals surface area contributed by atoms with Gasteiger partial charge in [-0.15, -0.1) is 11.3 Å². The van der Waals surface area contributed by atoms with Gasteiger partial charge in [0.2, 0.25) is 5.60 Å². The number of carbonyl (C=O) groups is 1. The molecule has 30 heavy (non-hydrogen) atoms. The van der Waals surface area contributed by atoms with E-state index >= 15 is 0 Å². The smallest absolute Gasteiger partial charge is 0.212 e. The topological polar surface area (TPSA) is 77.6 Å². The van der Waals surface area contributed by atoms with Gasteiger partial charge in [-0.25, -0.2) is 4.98 Å². The van der Waals surface area contributed by atoms with Crippen LogP contribution in [-0.2, 0) is 15.2 Å². The van der Waals surface area contributed by atoms with Crippen molar-refractivity contribution >= 4 is 28.5 Å². The summed E-state index contributed by atoms with van der Waals surface area (Å²) in [7, 11) is 0. The number of thiazole rings is 1. The van der Waals surface area contributed by atoms with E-state index in [1.54, 1.807) is 5.38 Å². The van der Waals surface area contributed by atoms with Crippen LogP contribution in [0.1, 0.15) is 22.4 Å². The van der Waals surface area contributed by atoms with Gasteiger partial charge in [0.05, 0.1) is 0 Å². The van der Waals surface area contributed by atoms with E-state index in [1.165, 1.54) is 11.3 Å². The van der Waals surface area contributed by atoms with Gasteiger partial charge in [0.1, 0.15) is 5.69 Å². The monoisotopic (exact) mass is 413 g/mol. The molecule has 5 nitrogen and oxygen atoms in total. The Morgan fingerprint density at radius 2 is 1.33 bits per heavy atom. The molecule has 0 amide bonds. The molecule has 0 saturated heterocycles. The quantitative estimate of drug-likeness (QED) is 0.207. The molecule has 1 aromatic heterocycles. The maximum absolute atomic E-state index is 11.8. The van der Waals surface area contributed by atoms with Crippen LogP contribution in [0.25, 0.3) is 0 Å². The fourth-order valence-corrected chi connectivity index (χ4v) is 3.89. The van der Waals surface area contributed by atoms with Crippen LogP contribution in [0, 0.1) is 0 Å². The molecule has 0 spiro atoms. The average Bonchev–Trinajstić information content (AvgIpc) is 3.25. The molecule has 0 saturated carbocycles. The van der Waals surface area contributed by atoms with Crippen molar-refractivity contribution in [3.63, 3.8) is 0 Å². The zero-order chi connectivity index (χ0) is 20.8. The Hall–Kier alpha value is -3.77. The number of nitrogen functional groups attached to an aromatic ring is 1. The number of anilines is 1. The molecule has 6 heteroatoms. The lowest BCUT2D eigenvalue weighted by atomic mass is 9.80. The van der Waals surface area contributed by atoms with E-state index in [-0.39, 0.29) is 5.71 Å². The highest BCUT2D eigenvalue weighted by Crippen LogP contribution is 2.40. The number of nitrogens with two attached hydrogens (primary N) is 1. The molecule has 4 aromatic rings. The number of oxime groups is 1. The number of hydrogen-bond donors (Lipinski definition) is 1. The van der Waals surface area contributed by atoms with Crippen LogP contribution in [0.3, 0.4) is 0 Å². The third-order valence-corrected chi connectivity index (χ3v) is 5.39. The van der Waals surface area contributed by atoms with E-state index in [0.717, 1.165) is 16.7 Å². The van der Waals surface area contributed by atoms with Crippen molar-refractivity contribution in [3.8, 4) is 0 Å². The zero-order valence-corrected chi connectivity index (χ0v) is 16.8. The van der Waals surface area contributed by atoms with Gasteiger partial charge < -0.3 is 10.6 Å². The summed E-state index contributed by atoms with van der Waals surface area (Å²) in [4.78, 5) is 22.2. The van der Waals surface area contributed by atoms with Crippen LogP contribution in [0.4, 0.5) is 5.13 Å². The molecule has 4 rings (SSSR count). The van der Waals surface area contributed by atoms with Crippen molar-refractivity contribution in [1.82, 2.24) is 4.98 Å². The van der Waals surface area contributed by atoms with E-state index in [2.05, 4.69) is 10.1 Å². The maximum atomic E-state index is 11.8. The standard InChI is InChI=1S/C24H19N3O2S/c25-23-26-22(17-30-23)21(16-28)27-29-24(18-10-4-1-5-11-18,19-12-6-2-7-13-19)20-14-8-3-9-15-20/h1-17H,(H2,25,26). The number of carbonyl (C=O) groups excluding carboxylic acids is 1. The van der Waals surface area contributed by atoms with Gasteiger partial charge in [-0.05, 0) is 0 Å². The van der Waals surface area contributed by atoms with Crippen LogP contribution in [0.5, 0.6) is 0 Å². The Morgan fingerprint density at radius 3 is 1.70 bits per heavy atom. The lowest BCUT2D eigenvalue weighted by molar-refractivity contribution is -0.103. The SMILES string of the molecule is Nc1nc(C(C=O)=NOC(c2ccccc2)(c2ccccc2)c2ccccc2)cs1. The second kappa shape index (κ2) is 8.71. The van der Waals surface area contributed by atoms with E-state index in [1.807, 2.05) is 91.0 Å². The predicted octanol–water partition coefficient (Wildman–Crippen LogP) is 4.64. The van der Waals surface area contributed by atoms with Crippen molar-refractivity contribution in [2.24, 2.45) is 5.16 Å². The number of rotatable bonds is 7. The van der Waals surface area contributed by atoms with E-state index < -0.39 is 5.60 Å². The van der Waals surface area contributed by atoms with E-state index in [9.17, 15) is 4.79 Å². The number of hydrogen-bond acceptors (Lipinski definition) is 6. The highest BCUT2D eigenvalue weighted by Gasteiger charge is 2.39. The van der Waals surface area contributed by atoms with E-state index in [0.29, 0.717) is 17.1 Å². The second-order valence-electron chi connectivity index (χ2n) is 6.54. The zero-order valence-electron chi connectivity index (χ0n) is 16.0. The summed E-state index contributed by atoms with van der Waals surface area (Å²) in [6.07, 6.45) is 0.625. The van der Waals surface area contributed by atoms with Crippen molar-refractivity contribution in [2.45, 2.75) is 5.60 Å². The first kappa shape index (κ1) is 19.5. The first-order chi connectivity index (χ1) is 14.7. The van der Waals surface area contributed by atoms with Crippen molar-refractivity contribution in [2.75, 3.05) is 5.73 Å². The van der Waals surface area contributed by atoms with Crippen molar-refractivity contribution < 1.29 is 9.63 Å². The molecule has 1 heterocycles. The molecule has 0 radical (unpaired) electrons. The molecule has 0 aliphatic rings. The summed E-state index contributed by atoms with van der Waals surface area (Å²) >= 11 is 1.24. The third kappa shape index (κ3) is 3.73. The van der Waals surface area contributed by atoms with Gasteiger partial charge in [0, 0.05) is 22.1 Å². The Morgan fingerprint density at radius 1 is 0.867 bits per heavy atom. The van der Waals surface area contributed by atoms with Gasteiger partial charge in [-0.2, -0.15) is 0 Å². The predicted molar refractivity (Wildman–Crippen MR) is 119 cm³/mol. The summed E-state index contributed by atoms with van der Waals surface area (Å²) in [5, 5.41) is 6.31. The average molecular weight is 414 g/mol. The number of benzene rings is 3. The summed E-state index contributed by atoms with van der Waals surface area (Å²) in [6.45, 7) is 0. The minimum absolute atomic E-state index is 0.0788. The first-order valence-corrected chi connectivity index (χ1v) is 10.2. The van der Waals surface area contributed by atoms with Crippen LogP contribution in [-0.4, -0.2) is 17.0 Å². The first-order valence-electron chi connectivity index (χ1n) is 9.33. The summed E-state index contributed by atoms with van der Waals surface area (Å²) in [5.74, 6) is 0. The maximum Gasteiger partial charge on any atom is 0.212 e. The van der Waals surface area contributed by atoms with Crippen LogP contribution >= 0.6 is 11.3 Å². The third-order valence-electron chi connectivity index (χ3n) is 4.72. The Kier molecular flexibility index (Phi) is 5.68. The summed E-state index contributed by atoms with van der Waals surface area (Å²) in [5.41, 5.74) is 7.78. The van der Waals surface area contributed by atoms with Crippen LogP contribution in [0.2, 0.25) is 0 Å². The molecule has 0 aliphatic heterocycles. The number of aromatic nitrogens is 1. The minimum atomic E-state index is -1.06. The minimum Gasteiger partial charge on any atom is -0.375 e. The molecule has 2 N–H and O–H groups in total. The Bertz CT molecular complexity index is 1050. The summed E-state index contributed by atoms with van der Waals surface area (Å²) in [6, 6.07) is 29.4. The summed E-state index contributed by atoms with van der Waals surface area (Å²) < 4.78 is 0. The second-order valence-corrected chi connectivity index (χ2v) is 7.43.